The molecule has 0 aromatic carbocycles. The number of anilines is 1. The lowest BCUT2D eigenvalue weighted by atomic mass is 10.3. The van der Waals surface area contributed by atoms with Crippen LogP contribution in [0.5, 0.6) is 0 Å². The highest BCUT2D eigenvalue weighted by atomic mass is 16.4. The molecule has 0 saturated carbocycles. The molecule has 0 unspecified atom stereocenters. The summed E-state index contributed by atoms with van der Waals surface area (Å²) in [5, 5.41) is 10.8. The summed E-state index contributed by atoms with van der Waals surface area (Å²) in [5.41, 5.74) is 0.996. The minimum Gasteiger partial charge on any atom is -0.530 e. The summed E-state index contributed by atoms with van der Waals surface area (Å²) in [6.07, 6.45) is 0.407. The predicted octanol–water partition coefficient (Wildman–Crippen LogP) is 0.948. The highest BCUT2D eigenvalue weighted by Gasteiger charge is 2.12. The summed E-state index contributed by atoms with van der Waals surface area (Å²) in [5.74, 6) is 0.408. The van der Waals surface area contributed by atoms with Crippen molar-refractivity contribution in [1.29, 1.82) is 0 Å². The van der Waals surface area contributed by atoms with Crippen molar-refractivity contribution in [3.8, 4) is 0 Å². The van der Waals surface area contributed by atoms with Crippen molar-refractivity contribution in [2.45, 2.75) is 26.8 Å². The summed E-state index contributed by atoms with van der Waals surface area (Å²) in [7, 11) is 0. The highest BCUT2D eigenvalue weighted by molar-refractivity contribution is 5.83. The van der Waals surface area contributed by atoms with Crippen LogP contribution in [0.2, 0.25) is 0 Å². The summed E-state index contributed by atoms with van der Waals surface area (Å²) in [6, 6.07) is 3.32. The van der Waals surface area contributed by atoms with Crippen LogP contribution in [0.3, 0.4) is 0 Å². The van der Waals surface area contributed by atoms with Gasteiger partial charge in [0.25, 0.3) is 0 Å². The van der Waals surface area contributed by atoms with Crippen LogP contribution in [-0.2, 0) is 0 Å². The Morgan fingerprint density at radius 1 is 1.50 bits per heavy atom. The zero-order chi connectivity index (χ0) is 10.7. The molecular formula is C10H13N2O2-. The van der Waals surface area contributed by atoms with Gasteiger partial charge in [-0.15, -0.1) is 0 Å². The van der Waals surface area contributed by atoms with Crippen molar-refractivity contribution in [2.24, 2.45) is 0 Å². The molecule has 0 radical (unpaired) electrons. The molecule has 0 saturated heterocycles. The molecule has 0 N–H and O–H groups in total. The Kier molecular flexibility index (Phi) is 3.06. The number of hydrogen-bond acceptors (Lipinski definition) is 3. The summed E-state index contributed by atoms with van der Waals surface area (Å²) in [6.45, 7) is 5.45. The van der Waals surface area contributed by atoms with Crippen LogP contribution in [0.25, 0.3) is 0 Å². The van der Waals surface area contributed by atoms with Gasteiger partial charge in [-0.2, -0.15) is 0 Å². The van der Waals surface area contributed by atoms with E-state index in [1.165, 1.54) is 0 Å². The van der Waals surface area contributed by atoms with Gasteiger partial charge in [0, 0.05) is 12.2 Å². The van der Waals surface area contributed by atoms with Crippen LogP contribution in [0.4, 0.5) is 10.6 Å². The van der Waals surface area contributed by atoms with Crippen molar-refractivity contribution < 1.29 is 9.90 Å². The highest BCUT2D eigenvalue weighted by Crippen LogP contribution is 2.13. The summed E-state index contributed by atoms with van der Waals surface area (Å²) < 4.78 is 0. The average molecular weight is 193 g/mol. The number of carbonyl (C=O) groups is 1. The van der Waals surface area contributed by atoms with Gasteiger partial charge in [-0.3, -0.25) is 0 Å². The quantitative estimate of drug-likeness (QED) is 0.702. The second-order valence-electron chi connectivity index (χ2n) is 3.42. The second-order valence-corrected chi connectivity index (χ2v) is 3.42. The van der Waals surface area contributed by atoms with Crippen LogP contribution in [-0.4, -0.2) is 17.1 Å². The van der Waals surface area contributed by atoms with E-state index in [0.717, 1.165) is 10.5 Å². The minimum atomic E-state index is -1.23. The number of amides is 1. The normalized spacial score (nSPS) is 10.3. The van der Waals surface area contributed by atoms with Gasteiger partial charge in [0.15, 0.2) is 0 Å². The lowest BCUT2D eigenvalue weighted by molar-refractivity contribution is -0.247. The number of carboxylic acid groups (broad SMARTS) is 1. The summed E-state index contributed by atoms with van der Waals surface area (Å²) >= 11 is 0. The van der Waals surface area contributed by atoms with Crippen molar-refractivity contribution in [2.75, 3.05) is 4.90 Å². The fourth-order valence-corrected chi connectivity index (χ4v) is 1.17. The van der Waals surface area contributed by atoms with Gasteiger partial charge in [0.05, 0.1) is 0 Å². The molecule has 1 aromatic heterocycles. The van der Waals surface area contributed by atoms with Crippen molar-refractivity contribution in [1.82, 2.24) is 4.98 Å². The molecule has 1 rings (SSSR count). The molecule has 0 aliphatic heterocycles. The molecule has 0 spiro atoms. The first-order chi connectivity index (χ1) is 6.52. The van der Waals surface area contributed by atoms with Gasteiger partial charge < -0.3 is 14.8 Å². The van der Waals surface area contributed by atoms with Crippen LogP contribution in [0.15, 0.2) is 18.3 Å². The van der Waals surface area contributed by atoms with Crippen LogP contribution in [0.1, 0.15) is 19.4 Å². The van der Waals surface area contributed by atoms with Crippen molar-refractivity contribution in [3.63, 3.8) is 0 Å². The summed E-state index contributed by atoms with van der Waals surface area (Å²) in [4.78, 5) is 16.0. The standard InChI is InChI=1S/C10H14N2O2/c1-7(2)12(10(13)14)9-5-4-8(3)6-11-9/h4-7H,1-3H3,(H,13,14)/p-1. The maximum absolute atomic E-state index is 10.8. The minimum absolute atomic E-state index is 0.171. The van der Waals surface area contributed by atoms with E-state index in [2.05, 4.69) is 4.98 Å². The number of aryl methyl sites for hydroxylation is 1. The number of aromatic nitrogens is 1. The first kappa shape index (κ1) is 10.5. The van der Waals surface area contributed by atoms with E-state index in [0.29, 0.717) is 5.82 Å². The maximum Gasteiger partial charge on any atom is 0.143 e. The van der Waals surface area contributed by atoms with Gasteiger partial charge in [-0.1, -0.05) is 6.07 Å². The van der Waals surface area contributed by atoms with E-state index in [1.807, 2.05) is 13.0 Å². The molecule has 14 heavy (non-hydrogen) atoms. The van der Waals surface area contributed by atoms with Gasteiger partial charge in [-0.25, -0.2) is 4.98 Å². The van der Waals surface area contributed by atoms with Gasteiger partial charge in [0.2, 0.25) is 0 Å². The number of hydrogen-bond donors (Lipinski definition) is 0. The topological polar surface area (TPSA) is 56.3 Å². The van der Waals surface area contributed by atoms with E-state index >= 15 is 0 Å². The Bertz CT molecular complexity index is 319. The number of carbonyl (C=O) groups excluding carboxylic acids is 1. The Hall–Kier alpha value is -1.58. The molecule has 4 heteroatoms. The molecule has 0 bridgehead atoms. The third kappa shape index (κ3) is 2.22. The average Bonchev–Trinajstić information content (AvgIpc) is 2.07. The number of rotatable bonds is 2. The zero-order valence-electron chi connectivity index (χ0n) is 8.52. The zero-order valence-corrected chi connectivity index (χ0v) is 8.52. The van der Waals surface area contributed by atoms with E-state index in [-0.39, 0.29) is 6.04 Å². The van der Waals surface area contributed by atoms with Gasteiger partial charge >= 0.3 is 0 Å². The first-order valence-corrected chi connectivity index (χ1v) is 4.45. The predicted molar refractivity (Wildman–Crippen MR) is 52.0 cm³/mol. The molecule has 1 aromatic rings. The second kappa shape index (κ2) is 4.09. The maximum atomic E-state index is 10.8. The van der Waals surface area contributed by atoms with Crippen LogP contribution in [0, 0.1) is 6.92 Å². The SMILES string of the molecule is Cc1ccc(N(C(=O)[O-])C(C)C)nc1. The third-order valence-electron chi connectivity index (χ3n) is 1.86. The van der Waals surface area contributed by atoms with Gasteiger partial charge in [0.1, 0.15) is 11.9 Å². The molecule has 1 heterocycles. The molecule has 0 atom stereocenters. The molecule has 76 valence electrons. The molecular weight excluding hydrogens is 180 g/mol. The Balaban J connectivity index is 3.00. The van der Waals surface area contributed by atoms with Crippen molar-refractivity contribution in [3.05, 3.63) is 23.9 Å². The Morgan fingerprint density at radius 3 is 2.50 bits per heavy atom. The van der Waals surface area contributed by atoms with Crippen LogP contribution >= 0.6 is 0 Å². The van der Waals surface area contributed by atoms with E-state index < -0.39 is 6.09 Å². The monoisotopic (exact) mass is 193 g/mol. The largest absolute Gasteiger partial charge is 0.530 e. The number of pyridine rings is 1. The lowest BCUT2D eigenvalue weighted by Crippen LogP contribution is -2.45. The van der Waals surface area contributed by atoms with Gasteiger partial charge in [-0.05, 0) is 32.4 Å². The Morgan fingerprint density at radius 2 is 2.14 bits per heavy atom. The van der Waals surface area contributed by atoms with E-state index in [9.17, 15) is 9.90 Å². The molecule has 1 amide bonds. The van der Waals surface area contributed by atoms with E-state index in [4.69, 9.17) is 0 Å². The molecule has 0 aliphatic rings. The molecule has 0 aliphatic carbocycles. The van der Waals surface area contributed by atoms with Crippen LogP contribution < -0.4 is 10.0 Å². The number of nitrogens with zero attached hydrogens (tertiary/aromatic N) is 2. The molecule has 0 fully saturated rings. The Labute approximate surface area is 83.2 Å². The van der Waals surface area contributed by atoms with E-state index in [1.54, 1.807) is 26.1 Å². The van der Waals surface area contributed by atoms with Crippen molar-refractivity contribution >= 4 is 11.9 Å². The smallest absolute Gasteiger partial charge is 0.143 e. The lowest BCUT2D eigenvalue weighted by Gasteiger charge is -2.27. The first-order valence-electron chi connectivity index (χ1n) is 4.45. The fourth-order valence-electron chi connectivity index (χ4n) is 1.17. The third-order valence-corrected chi connectivity index (χ3v) is 1.86. The molecule has 4 nitrogen and oxygen atoms in total. The fraction of sp³-hybridized carbons (Fsp3) is 0.400.